The summed E-state index contributed by atoms with van der Waals surface area (Å²) in [6, 6.07) is 6.54. The van der Waals surface area contributed by atoms with Gasteiger partial charge in [-0.1, -0.05) is 18.2 Å². The molecule has 0 aliphatic carbocycles. The third-order valence-corrected chi connectivity index (χ3v) is 2.30. The molecule has 0 fully saturated rings. The van der Waals surface area contributed by atoms with Crippen LogP contribution in [0.2, 0.25) is 0 Å². The van der Waals surface area contributed by atoms with Crippen LogP contribution in [0.25, 0.3) is 0 Å². The summed E-state index contributed by atoms with van der Waals surface area (Å²) in [6.45, 7) is 0.633. The number of benzene rings is 1. The molecule has 0 aliphatic heterocycles. The lowest BCUT2D eigenvalue weighted by Crippen LogP contribution is -2.12. The van der Waals surface area contributed by atoms with Gasteiger partial charge in [-0.15, -0.1) is 0 Å². The molecule has 0 bridgehead atoms. The van der Waals surface area contributed by atoms with Crippen molar-refractivity contribution in [3.8, 4) is 0 Å². The van der Waals surface area contributed by atoms with E-state index in [4.69, 9.17) is 4.74 Å². The van der Waals surface area contributed by atoms with Crippen LogP contribution in [0.1, 0.15) is 18.4 Å². The van der Waals surface area contributed by atoms with E-state index >= 15 is 0 Å². The molecule has 0 spiro atoms. The second kappa shape index (κ2) is 6.53. The zero-order valence-electron chi connectivity index (χ0n) is 8.95. The first-order valence-corrected chi connectivity index (χ1v) is 5.14. The second-order valence-corrected chi connectivity index (χ2v) is 3.58. The highest BCUT2D eigenvalue weighted by Gasteiger charge is 2.08. The molecular weight excluding hydrogens is 195 g/mol. The first-order valence-electron chi connectivity index (χ1n) is 5.14. The minimum absolute atomic E-state index is 0.247. The smallest absolute Gasteiger partial charge is 0.126 e. The van der Waals surface area contributed by atoms with E-state index in [0.717, 1.165) is 6.42 Å². The molecule has 0 radical (unpaired) electrons. The first kappa shape index (κ1) is 12.1. The quantitative estimate of drug-likeness (QED) is 0.732. The zero-order valence-corrected chi connectivity index (χ0v) is 8.95. The summed E-state index contributed by atoms with van der Waals surface area (Å²) < 4.78 is 18.1. The minimum atomic E-state index is -0.489. The summed E-state index contributed by atoms with van der Waals surface area (Å²) in [5.41, 5.74) is 0.572. The van der Waals surface area contributed by atoms with Crippen LogP contribution in [0.5, 0.6) is 0 Å². The predicted molar refractivity (Wildman–Crippen MR) is 57.2 cm³/mol. The molecule has 15 heavy (non-hydrogen) atoms. The summed E-state index contributed by atoms with van der Waals surface area (Å²) in [4.78, 5) is 0. The molecule has 1 aromatic carbocycles. The van der Waals surface area contributed by atoms with Crippen molar-refractivity contribution in [1.29, 1.82) is 0 Å². The Morgan fingerprint density at radius 2 is 2.13 bits per heavy atom. The predicted octanol–water partition coefficient (Wildman–Crippen LogP) is 2.16. The average molecular weight is 212 g/mol. The van der Waals surface area contributed by atoms with Crippen LogP contribution >= 0.6 is 0 Å². The standard InChI is InChI=1S/C12H17FO2/c1-15-8-4-6-11(14)9-10-5-2-3-7-12(10)13/h2-3,5,7,11,14H,4,6,8-9H2,1H3. The molecule has 1 unspecified atom stereocenters. The van der Waals surface area contributed by atoms with Crippen LogP contribution in [0.3, 0.4) is 0 Å². The van der Waals surface area contributed by atoms with E-state index in [1.807, 2.05) is 0 Å². The molecule has 0 saturated carbocycles. The van der Waals surface area contributed by atoms with Crippen molar-refractivity contribution >= 4 is 0 Å². The number of aliphatic hydroxyl groups excluding tert-OH is 1. The Bertz CT molecular complexity index is 289. The van der Waals surface area contributed by atoms with Crippen LogP contribution in [0.4, 0.5) is 4.39 Å². The molecule has 2 nitrogen and oxygen atoms in total. The Morgan fingerprint density at radius 3 is 2.80 bits per heavy atom. The highest BCUT2D eigenvalue weighted by atomic mass is 19.1. The maximum atomic E-state index is 13.2. The maximum Gasteiger partial charge on any atom is 0.126 e. The van der Waals surface area contributed by atoms with Crippen molar-refractivity contribution in [3.05, 3.63) is 35.6 Å². The Labute approximate surface area is 89.7 Å². The van der Waals surface area contributed by atoms with Gasteiger partial charge in [0.1, 0.15) is 5.82 Å². The van der Waals surface area contributed by atoms with Gasteiger partial charge in [-0.2, -0.15) is 0 Å². The fourth-order valence-corrected chi connectivity index (χ4v) is 1.48. The van der Waals surface area contributed by atoms with Crippen LogP contribution in [0.15, 0.2) is 24.3 Å². The molecular formula is C12H17FO2. The zero-order chi connectivity index (χ0) is 11.1. The molecule has 0 heterocycles. The van der Waals surface area contributed by atoms with Crippen molar-refractivity contribution in [2.45, 2.75) is 25.4 Å². The number of ether oxygens (including phenoxy) is 1. The minimum Gasteiger partial charge on any atom is -0.393 e. The normalized spacial score (nSPS) is 12.7. The van der Waals surface area contributed by atoms with Crippen molar-refractivity contribution < 1.29 is 14.2 Å². The van der Waals surface area contributed by atoms with Crippen molar-refractivity contribution in [1.82, 2.24) is 0 Å². The first-order chi connectivity index (χ1) is 7.24. The summed E-state index contributed by atoms with van der Waals surface area (Å²) in [5.74, 6) is -0.247. The van der Waals surface area contributed by atoms with Gasteiger partial charge in [0.15, 0.2) is 0 Å². The number of halogens is 1. The molecule has 84 valence electrons. The van der Waals surface area contributed by atoms with Crippen molar-refractivity contribution in [2.24, 2.45) is 0 Å². The monoisotopic (exact) mass is 212 g/mol. The van der Waals surface area contributed by atoms with E-state index in [2.05, 4.69) is 0 Å². The third-order valence-electron chi connectivity index (χ3n) is 2.30. The lowest BCUT2D eigenvalue weighted by molar-refractivity contribution is 0.134. The van der Waals surface area contributed by atoms with Crippen LogP contribution in [0, 0.1) is 5.82 Å². The average Bonchev–Trinajstić information content (AvgIpc) is 2.22. The Balaban J connectivity index is 2.37. The third kappa shape index (κ3) is 4.40. The summed E-state index contributed by atoms with van der Waals surface area (Å²) >= 11 is 0. The van der Waals surface area contributed by atoms with E-state index in [1.165, 1.54) is 6.07 Å². The summed E-state index contributed by atoms with van der Waals surface area (Å²) in [5, 5.41) is 9.63. The van der Waals surface area contributed by atoms with Crippen LogP contribution in [-0.2, 0) is 11.2 Å². The second-order valence-electron chi connectivity index (χ2n) is 3.58. The molecule has 3 heteroatoms. The Hall–Kier alpha value is -0.930. The van der Waals surface area contributed by atoms with Crippen molar-refractivity contribution in [3.63, 3.8) is 0 Å². The topological polar surface area (TPSA) is 29.5 Å². The van der Waals surface area contributed by atoms with E-state index in [-0.39, 0.29) is 5.82 Å². The van der Waals surface area contributed by atoms with E-state index in [0.29, 0.717) is 25.0 Å². The van der Waals surface area contributed by atoms with Gasteiger partial charge in [-0.25, -0.2) is 4.39 Å². The molecule has 1 aromatic rings. The van der Waals surface area contributed by atoms with Gasteiger partial charge in [-0.3, -0.25) is 0 Å². The van der Waals surface area contributed by atoms with E-state index in [1.54, 1.807) is 25.3 Å². The number of rotatable bonds is 6. The fraction of sp³-hybridized carbons (Fsp3) is 0.500. The molecule has 1 atom stereocenters. The molecule has 1 N–H and O–H groups in total. The van der Waals surface area contributed by atoms with Gasteiger partial charge in [0.05, 0.1) is 6.10 Å². The van der Waals surface area contributed by atoms with Gasteiger partial charge < -0.3 is 9.84 Å². The SMILES string of the molecule is COCCCC(O)Cc1ccccc1F. The molecule has 0 aliphatic rings. The number of hydrogen-bond donors (Lipinski definition) is 1. The lowest BCUT2D eigenvalue weighted by atomic mass is 10.0. The van der Waals surface area contributed by atoms with Gasteiger partial charge in [-0.05, 0) is 24.5 Å². The van der Waals surface area contributed by atoms with Gasteiger partial charge in [0.2, 0.25) is 0 Å². The lowest BCUT2D eigenvalue weighted by Gasteiger charge is -2.10. The number of aliphatic hydroxyl groups is 1. The molecule has 1 rings (SSSR count). The van der Waals surface area contributed by atoms with Crippen LogP contribution < -0.4 is 0 Å². The Kier molecular flexibility index (Phi) is 5.29. The fourth-order valence-electron chi connectivity index (χ4n) is 1.48. The largest absolute Gasteiger partial charge is 0.393 e. The number of methoxy groups -OCH3 is 1. The molecule has 0 amide bonds. The highest BCUT2D eigenvalue weighted by Crippen LogP contribution is 2.11. The maximum absolute atomic E-state index is 13.2. The van der Waals surface area contributed by atoms with Gasteiger partial charge in [0, 0.05) is 20.1 Å². The van der Waals surface area contributed by atoms with Gasteiger partial charge in [0.25, 0.3) is 0 Å². The summed E-state index contributed by atoms with van der Waals surface area (Å²) in [7, 11) is 1.63. The van der Waals surface area contributed by atoms with Crippen molar-refractivity contribution in [2.75, 3.05) is 13.7 Å². The summed E-state index contributed by atoms with van der Waals surface area (Å²) in [6.07, 6.45) is 1.32. The number of hydrogen-bond acceptors (Lipinski definition) is 2. The Morgan fingerprint density at radius 1 is 1.40 bits per heavy atom. The van der Waals surface area contributed by atoms with E-state index in [9.17, 15) is 9.50 Å². The molecule has 0 aromatic heterocycles. The highest BCUT2D eigenvalue weighted by molar-refractivity contribution is 5.17. The molecule has 0 saturated heterocycles. The van der Waals surface area contributed by atoms with E-state index < -0.39 is 6.10 Å². The van der Waals surface area contributed by atoms with Crippen LogP contribution in [-0.4, -0.2) is 24.9 Å². The van der Waals surface area contributed by atoms with Gasteiger partial charge >= 0.3 is 0 Å².